The van der Waals surface area contributed by atoms with Crippen molar-refractivity contribution in [1.29, 1.82) is 0 Å². The van der Waals surface area contributed by atoms with Crippen LogP contribution in [0.3, 0.4) is 0 Å². The number of amides is 1. The van der Waals surface area contributed by atoms with Gasteiger partial charge in [-0.15, -0.1) is 0 Å². The van der Waals surface area contributed by atoms with Crippen molar-refractivity contribution in [2.45, 2.75) is 26.2 Å². The van der Waals surface area contributed by atoms with Crippen molar-refractivity contribution in [3.63, 3.8) is 0 Å². The van der Waals surface area contributed by atoms with Gasteiger partial charge in [0.1, 0.15) is 5.82 Å². The van der Waals surface area contributed by atoms with E-state index in [1.165, 1.54) is 31.7 Å². The Hall–Kier alpha value is -2.36. The lowest BCUT2D eigenvalue weighted by Gasteiger charge is -2.33. The van der Waals surface area contributed by atoms with Gasteiger partial charge in [0.2, 0.25) is 5.91 Å². The molecule has 1 saturated heterocycles. The van der Waals surface area contributed by atoms with Crippen molar-refractivity contribution in [2.75, 3.05) is 23.3 Å². The number of nitrogens with one attached hydrogen (secondary N) is 1. The quantitative estimate of drug-likeness (QED) is 0.940. The highest BCUT2D eigenvalue weighted by Gasteiger charge is 2.20. The van der Waals surface area contributed by atoms with E-state index in [0.29, 0.717) is 0 Å². The molecule has 4 nitrogen and oxygen atoms in total. The van der Waals surface area contributed by atoms with Gasteiger partial charge in [-0.1, -0.05) is 30.3 Å². The summed E-state index contributed by atoms with van der Waals surface area (Å²) in [5.74, 6) is 1.69. The highest BCUT2D eigenvalue weighted by atomic mass is 16.1. The molecule has 1 aromatic carbocycles. The number of hydrogen-bond acceptors (Lipinski definition) is 3. The number of benzene rings is 1. The molecule has 1 aromatic heterocycles. The number of piperidine rings is 1. The van der Waals surface area contributed by atoms with Gasteiger partial charge in [0.25, 0.3) is 0 Å². The minimum Gasteiger partial charge on any atom is -0.357 e. The largest absolute Gasteiger partial charge is 0.357 e. The fourth-order valence-corrected chi connectivity index (χ4v) is 3.16. The zero-order chi connectivity index (χ0) is 16.1. The van der Waals surface area contributed by atoms with Crippen LogP contribution < -0.4 is 10.2 Å². The van der Waals surface area contributed by atoms with Crippen LogP contribution in [0.15, 0.2) is 48.7 Å². The SMILES string of the molecule is CC(=O)Nc1ccc(N2CCC(Cc3ccccc3)CC2)nc1. The summed E-state index contributed by atoms with van der Waals surface area (Å²) in [6.45, 7) is 3.60. The summed E-state index contributed by atoms with van der Waals surface area (Å²) in [6, 6.07) is 14.6. The van der Waals surface area contributed by atoms with Crippen LogP contribution in [-0.2, 0) is 11.2 Å². The molecule has 0 atom stereocenters. The molecule has 0 aliphatic carbocycles. The first-order valence-corrected chi connectivity index (χ1v) is 8.23. The van der Waals surface area contributed by atoms with Gasteiger partial charge >= 0.3 is 0 Å². The van der Waals surface area contributed by atoms with Crippen molar-refractivity contribution >= 4 is 17.4 Å². The van der Waals surface area contributed by atoms with Gasteiger partial charge in [-0.3, -0.25) is 4.79 Å². The maximum absolute atomic E-state index is 11.0. The number of carbonyl (C=O) groups excluding carboxylic acids is 1. The highest BCUT2D eigenvalue weighted by molar-refractivity contribution is 5.88. The van der Waals surface area contributed by atoms with E-state index in [0.717, 1.165) is 30.5 Å². The second-order valence-corrected chi connectivity index (χ2v) is 6.21. The van der Waals surface area contributed by atoms with Crippen LogP contribution in [0.4, 0.5) is 11.5 Å². The highest BCUT2D eigenvalue weighted by Crippen LogP contribution is 2.25. The molecule has 0 bridgehead atoms. The third-order valence-electron chi connectivity index (χ3n) is 4.37. The Kier molecular flexibility index (Phi) is 4.91. The summed E-state index contributed by atoms with van der Waals surface area (Å²) in [5.41, 5.74) is 2.18. The molecular weight excluding hydrogens is 286 g/mol. The van der Waals surface area contributed by atoms with Gasteiger partial charge < -0.3 is 10.2 Å². The van der Waals surface area contributed by atoms with E-state index in [2.05, 4.69) is 45.5 Å². The van der Waals surface area contributed by atoms with Crippen molar-refractivity contribution in [3.05, 3.63) is 54.2 Å². The van der Waals surface area contributed by atoms with Crippen LogP contribution in [0.1, 0.15) is 25.3 Å². The monoisotopic (exact) mass is 309 g/mol. The number of nitrogens with zero attached hydrogens (tertiary/aromatic N) is 2. The number of carbonyl (C=O) groups is 1. The molecule has 0 spiro atoms. The minimum absolute atomic E-state index is 0.0683. The lowest BCUT2D eigenvalue weighted by atomic mass is 9.90. The maximum atomic E-state index is 11.0. The molecule has 2 heterocycles. The third-order valence-corrected chi connectivity index (χ3v) is 4.37. The lowest BCUT2D eigenvalue weighted by Crippen LogP contribution is -2.34. The normalized spacial score (nSPS) is 15.4. The van der Waals surface area contributed by atoms with Gasteiger partial charge in [0.15, 0.2) is 0 Å². The number of anilines is 2. The summed E-state index contributed by atoms with van der Waals surface area (Å²) in [7, 11) is 0. The summed E-state index contributed by atoms with van der Waals surface area (Å²) < 4.78 is 0. The van der Waals surface area contributed by atoms with Gasteiger partial charge in [0.05, 0.1) is 11.9 Å². The Morgan fingerprint density at radius 1 is 1.17 bits per heavy atom. The summed E-state index contributed by atoms with van der Waals surface area (Å²) in [4.78, 5) is 17.8. The molecule has 4 heteroatoms. The lowest BCUT2D eigenvalue weighted by molar-refractivity contribution is -0.114. The predicted molar refractivity (Wildman–Crippen MR) is 93.6 cm³/mol. The molecule has 0 radical (unpaired) electrons. The Labute approximate surface area is 137 Å². The smallest absolute Gasteiger partial charge is 0.221 e. The average Bonchev–Trinajstić information content (AvgIpc) is 2.57. The van der Waals surface area contributed by atoms with E-state index in [1.807, 2.05) is 12.1 Å². The van der Waals surface area contributed by atoms with Gasteiger partial charge in [-0.2, -0.15) is 0 Å². The van der Waals surface area contributed by atoms with E-state index in [9.17, 15) is 4.79 Å². The van der Waals surface area contributed by atoms with Crippen molar-refractivity contribution in [1.82, 2.24) is 4.98 Å². The molecule has 1 N–H and O–H groups in total. The van der Waals surface area contributed by atoms with Crippen molar-refractivity contribution in [2.24, 2.45) is 5.92 Å². The Balaban J connectivity index is 1.53. The van der Waals surface area contributed by atoms with E-state index in [4.69, 9.17) is 0 Å². The average molecular weight is 309 g/mol. The van der Waals surface area contributed by atoms with Gasteiger partial charge in [0, 0.05) is 20.0 Å². The van der Waals surface area contributed by atoms with Crippen molar-refractivity contribution < 1.29 is 4.79 Å². The molecule has 3 rings (SSSR count). The Morgan fingerprint density at radius 2 is 1.91 bits per heavy atom. The zero-order valence-corrected chi connectivity index (χ0v) is 13.5. The number of hydrogen-bond donors (Lipinski definition) is 1. The van der Waals surface area contributed by atoms with Gasteiger partial charge in [-0.05, 0) is 42.9 Å². The number of aromatic nitrogens is 1. The second kappa shape index (κ2) is 7.27. The molecule has 1 fully saturated rings. The van der Waals surface area contributed by atoms with Gasteiger partial charge in [-0.25, -0.2) is 4.98 Å². The van der Waals surface area contributed by atoms with Crippen LogP contribution in [0.2, 0.25) is 0 Å². The number of pyridine rings is 1. The first-order chi connectivity index (χ1) is 11.2. The summed E-state index contributed by atoms with van der Waals surface area (Å²) in [6.07, 6.45) is 5.30. The molecular formula is C19H23N3O. The molecule has 120 valence electrons. The fraction of sp³-hybridized carbons (Fsp3) is 0.368. The van der Waals surface area contributed by atoms with Crippen LogP contribution >= 0.6 is 0 Å². The first kappa shape index (κ1) is 15.5. The molecule has 2 aromatic rings. The van der Waals surface area contributed by atoms with E-state index >= 15 is 0 Å². The molecule has 0 unspecified atom stereocenters. The van der Waals surface area contributed by atoms with E-state index in [-0.39, 0.29) is 5.91 Å². The second-order valence-electron chi connectivity index (χ2n) is 6.21. The van der Waals surface area contributed by atoms with Crippen molar-refractivity contribution in [3.8, 4) is 0 Å². The van der Waals surface area contributed by atoms with Crippen LogP contribution in [0.25, 0.3) is 0 Å². The minimum atomic E-state index is -0.0683. The topological polar surface area (TPSA) is 45.2 Å². The Morgan fingerprint density at radius 3 is 2.52 bits per heavy atom. The predicted octanol–water partition coefficient (Wildman–Crippen LogP) is 3.50. The first-order valence-electron chi connectivity index (χ1n) is 8.23. The number of rotatable bonds is 4. The third kappa shape index (κ3) is 4.31. The fourth-order valence-electron chi connectivity index (χ4n) is 3.16. The van der Waals surface area contributed by atoms with Crippen LogP contribution in [0, 0.1) is 5.92 Å². The molecule has 0 saturated carbocycles. The molecule has 1 amide bonds. The summed E-state index contributed by atoms with van der Waals surface area (Å²) in [5, 5.41) is 2.75. The zero-order valence-electron chi connectivity index (χ0n) is 13.5. The molecule has 23 heavy (non-hydrogen) atoms. The standard InChI is InChI=1S/C19H23N3O/c1-15(23)21-18-7-8-19(20-14-18)22-11-9-17(10-12-22)13-16-5-3-2-4-6-16/h2-8,14,17H,9-13H2,1H3,(H,21,23). The molecule has 1 aliphatic heterocycles. The maximum Gasteiger partial charge on any atom is 0.221 e. The summed E-state index contributed by atoms with van der Waals surface area (Å²) >= 11 is 0. The van der Waals surface area contributed by atoms with Crippen LogP contribution in [0.5, 0.6) is 0 Å². The Bertz CT molecular complexity index is 631. The molecule has 1 aliphatic rings. The van der Waals surface area contributed by atoms with E-state index < -0.39 is 0 Å². The van der Waals surface area contributed by atoms with Crippen LogP contribution in [-0.4, -0.2) is 24.0 Å². The van der Waals surface area contributed by atoms with E-state index in [1.54, 1.807) is 6.20 Å².